The fourth-order valence-corrected chi connectivity index (χ4v) is 0.980. The molecule has 0 aromatic heterocycles. The molecule has 1 rings (SSSR count). The Morgan fingerprint density at radius 1 is 1.33 bits per heavy atom. The molecule has 0 amide bonds. The zero-order valence-corrected chi connectivity index (χ0v) is 8.47. The first-order valence-corrected chi connectivity index (χ1v) is 4.66. The predicted octanol–water partition coefficient (Wildman–Crippen LogP) is 3.34. The van der Waals surface area contributed by atoms with Gasteiger partial charge in [-0.25, -0.2) is 0 Å². The van der Waals surface area contributed by atoms with Gasteiger partial charge in [-0.05, 0) is 23.8 Å². The summed E-state index contributed by atoms with van der Waals surface area (Å²) in [6, 6.07) is 9.87. The molecule has 0 spiro atoms. The van der Waals surface area contributed by atoms with Gasteiger partial charge in [-0.1, -0.05) is 36.9 Å². The van der Waals surface area contributed by atoms with Crippen molar-refractivity contribution in [2.24, 2.45) is 0 Å². The summed E-state index contributed by atoms with van der Waals surface area (Å²) in [7, 11) is 0. The molecule has 0 atom stereocenters. The Kier molecular flexibility index (Phi) is 4.81. The second-order valence-corrected chi connectivity index (χ2v) is 2.92. The topological polar surface area (TPSA) is 29.5 Å². The van der Waals surface area contributed by atoms with E-state index in [4.69, 9.17) is 9.84 Å². The SMILES string of the molecule is C=C/C(O)=C\C=C\OCc1ccccc1. The van der Waals surface area contributed by atoms with E-state index in [0.717, 1.165) is 5.56 Å². The van der Waals surface area contributed by atoms with Crippen molar-refractivity contribution in [3.05, 3.63) is 72.7 Å². The van der Waals surface area contributed by atoms with Gasteiger partial charge in [0.2, 0.25) is 0 Å². The highest BCUT2D eigenvalue weighted by Crippen LogP contribution is 2.00. The van der Waals surface area contributed by atoms with Crippen LogP contribution >= 0.6 is 0 Å². The Labute approximate surface area is 89.8 Å². The molecule has 0 saturated carbocycles. The summed E-state index contributed by atoms with van der Waals surface area (Å²) in [6.45, 7) is 3.94. The third-order valence-corrected chi connectivity index (χ3v) is 1.74. The number of aliphatic hydroxyl groups is 1. The summed E-state index contributed by atoms with van der Waals surface area (Å²) in [5.41, 5.74) is 1.11. The molecule has 15 heavy (non-hydrogen) atoms. The predicted molar refractivity (Wildman–Crippen MR) is 61.3 cm³/mol. The average Bonchev–Trinajstić information content (AvgIpc) is 2.29. The molecule has 1 N–H and O–H groups in total. The highest BCUT2D eigenvalue weighted by molar-refractivity contribution is 5.15. The van der Waals surface area contributed by atoms with Crippen LogP contribution in [0.5, 0.6) is 0 Å². The van der Waals surface area contributed by atoms with E-state index in [1.165, 1.54) is 18.4 Å². The maximum Gasteiger partial charge on any atom is 0.115 e. The summed E-state index contributed by atoms with van der Waals surface area (Å²) < 4.78 is 5.24. The van der Waals surface area contributed by atoms with Crippen LogP contribution in [0.25, 0.3) is 0 Å². The molecule has 0 aliphatic rings. The quantitative estimate of drug-likeness (QED) is 0.586. The summed E-state index contributed by atoms with van der Waals surface area (Å²) in [6.07, 6.45) is 6.03. The number of ether oxygens (including phenoxy) is 1. The first-order valence-electron chi connectivity index (χ1n) is 4.66. The summed E-state index contributed by atoms with van der Waals surface area (Å²) in [4.78, 5) is 0. The standard InChI is InChI=1S/C13H14O2/c1-2-13(14)9-6-10-15-11-12-7-4-3-5-8-12/h2-10,14H,1,11H2/b10-6+,13-9+. The van der Waals surface area contributed by atoms with Crippen molar-refractivity contribution in [2.75, 3.05) is 0 Å². The lowest BCUT2D eigenvalue weighted by Crippen LogP contribution is -1.84. The van der Waals surface area contributed by atoms with Crippen LogP contribution in [-0.2, 0) is 11.3 Å². The summed E-state index contributed by atoms with van der Waals surface area (Å²) in [5, 5.41) is 9.01. The van der Waals surface area contributed by atoms with Crippen LogP contribution in [0.15, 0.2) is 67.2 Å². The second kappa shape index (κ2) is 6.49. The molecule has 78 valence electrons. The van der Waals surface area contributed by atoms with E-state index >= 15 is 0 Å². The maximum atomic E-state index is 9.01. The van der Waals surface area contributed by atoms with Gasteiger partial charge >= 0.3 is 0 Å². The highest BCUT2D eigenvalue weighted by Gasteiger charge is 1.87. The lowest BCUT2D eigenvalue weighted by molar-refractivity contribution is 0.236. The molecule has 0 radical (unpaired) electrons. The monoisotopic (exact) mass is 202 g/mol. The van der Waals surface area contributed by atoms with Crippen LogP contribution in [-0.4, -0.2) is 5.11 Å². The molecule has 0 fully saturated rings. The zero-order valence-electron chi connectivity index (χ0n) is 8.47. The fraction of sp³-hybridized carbons (Fsp3) is 0.0769. The van der Waals surface area contributed by atoms with Crippen LogP contribution in [0.1, 0.15) is 5.56 Å². The van der Waals surface area contributed by atoms with Crippen molar-refractivity contribution in [2.45, 2.75) is 6.61 Å². The van der Waals surface area contributed by atoms with E-state index in [-0.39, 0.29) is 5.76 Å². The molecule has 2 heteroatoms. The molecule has 1 aromatic carbocycles. The van der Waals surface area contributed by atoms with Gasteiger partial charge in [-0.3, -0.25) is 0 Å². The minimum atomic E-state index is 0.120. The van der Waals surface area contributed by atoms with Crippen LogP contribution < -0.4 is 0 Å². The van der Waals surface area contributed by atoms with Crippen molar-refractivity contribution < 1.29 is 9.84 Å². The normalized spacial score (nSPS) is 11.6. The van der Waals surface area contributed by atoms with Gasteiger partial charge in [-0.15, -0.1) is 0 Å². The molecular formula is C13H14O2. The minimum Gasteiger partial charge on any atom is -0.508 e. The van der Waals surface area contributed by atoms with Crippen LogP contribution in [0.2, 0.25) is 0 Å². The molecule has 0 saturated heterocycles. The van der Waals surface area contributed by atoms with Gasteiger partial charge in [-0.2, -0.15) is 0 Å². The minimum absolute atomic E-state index is 0.120. The second-order valence-electron chi connectivity index (χ2n) is 2.92. The maximum absolute atomic E-state index is 9.01. The first-order chi connectivity index (χ1) is 7.33. The fourth-order valence-electron chi connectivity index (χ4n) is 0.980. The van der Waals surface area contributed by atoms with Crippen LogP contribution in [0, 0.1) is 0 Å². The van der Waals surface area contributed by atoms with Gasteiger partial charge < -0.3 is 9.84 Å². The van der Waals surface area contributed by atoms with Crippen molar-refractivity contribution >= 4 is 0 Å². The largest absolute Gasteiger partial charge is 0.508 e. The van der Waals surface area contributed by atoms with Crippen molar-refractivity contribution in [3.8, 4) is 0 Å². The molecule has 0 aliphatic heterocycles. The van der Waals surface area contributed by atoms with Gasteiger partial charge in [0.1, 0.15) is 12.4 Å². The third kappa shape index (κ3) is 4.72. The Balaban J connectivity index is 2.31. The molecule has 2 nitrogen and oxygen atoms in total. The van der Waals surface area contributed by atoms with Crippen molar-refractivity contribution in [1.29, 1.82) is 0 Å². The summed E-state index contributed by atoms with van der Waals surface area (Å²) >= 11 is 0. The van der Waals surface area contributed by atoms with Crippen molar-refractivity contribution in [3.63, 3.8) is 0 Å². The lowest BCUT2D eigenvalue weighted by atomic mass is 10.2. The van der Waals surface area contributed by atoms with E-state index in [1.807, 2.05) is 30.3 Å². The number of benzene rings is 1. The van der Waals surface area contributed by atoms with Gasteiger partial charge in [0, 0.05) is 0 Å². The molecule has 1 aromatic rings. The van der Waals surface area contributed by atoms with Gasteiger partial charge in [0.15, 0.2) is 0 Å². The van der Waals surface area contributed by atoms with Gasteiger partial charge in [0.05, 0.1) is 6.26 Å². The van der Waals surface area contributed by atoms with E-state index < -0.39 is 0 Å². The first kappa shape index (κ1) is 11.1. The average molecular weight is 202 g/mol. The molecular weight excluding hydrogens is 188 g/mol. The lowest BCUT2D eigenvalue weighted by Gasteiger charge is -1.99. The van der Waals surface area contributed by atoms with Crippen molar-refractivity contribution in [1.82, 2.24) is 0 Å². The van der Waals surface area contributed by atoms with Crippen LogP contribution in [0.4, 0.5) is 0 Å². The van der Waals surface area contributed by atoms with E-state index in [9.17, 15) is 0 Å². The molecule has 0 heterocycles. The number of hydrogen-bond donors (Lipinski definition) is 1. The molecule has 0 bridgehead atoms. The Morgan fingerprint density at radius 2 is 2.07 bits per heavy atom. The number of rotatable bonds is 5. The Bertz CT molecular complexity index is 350. The highest BCUT2D eigenvalue weighted by atomic mass is 16.5. The van der Waals surface area contributed by atoms with E-state index in [0.29, 0.717) is 6.61 Å². The van der Waals surface area contributed by atoms with E-state index in [1.54, 1.807) is 6.08 Å². The zero-order chi connectivity index (χ0) is 10.9. The van der Waals surface area contributed by atoms with Crippen LogP contribution in [0.3, 0.4) is 0 Å². The van der Waals surface area contributed by atoms with E-state index in [2.05, 4.69) is 6.58 Å². The number of aliphatic hydroxyl groups excluding tert-OH is 1. The Hall–Kier alpha value is -1.96. The number of allylic oxidation sites excluding steroid dienone is 3. The Morgan fingerprint density at radius 3 is 2.73 bits per heavy atom. The smallest absolute Gasteiger partial charge is 0.115 e. The van der Waals surface area contributed by atoms with Gasteiger partial charge in [0.25, 0.3) is 0 Å². The molecule has 0 unspecified atom stereocenters. The third-order valence-electron chi connectivity index (χ3n) is 1.74. The molecule has 0 aliphatic carbocycles. The summed E-state index contributed by atoms with van der Waals surface area (Å²) in [5.74, 6) is 0.120. The number of hydrogen-bond acceptors (Lipinski definition) is 2.